The second kappa shape index (κ2) is 7.21. The van der Waals surface area contributed by atoms with Crippen LogP contribution in [0.15, 0.2) is 65.7 Å². The molecule has 3 heteroatoms. The van der Waals surface area contributed by atoms with Crippen LogP contribution < -0.4 is 10.6 Å². The topological polar surface area (TPSA) is 36.4 Å². The number of para-hydroxylation sites is 2. The van der Waals surface area contributed by atoms with E-state index in [4.69, 9.17) is 0 Å². The zero-order valence-corrected chi connectivity index (χ0v) is 11.1. The van der Waals surface area contributed by atoms with E-state index in [0.29, 0.717) is 0 Å². The number of nitrogens with zero attached hydrogens (tertiary/aromatic N) is 1. The Balaban J connectivity index is 2.08. The van der Waals surface area contributed by atoms with Crippen LogP contribution in [0.3, 0.4) is 0 Å². The fourth-order valence-electron chi connectivity index (χ4n) is 1.65. The van der Waals surface area contributed by atoms with Crippen LogP contribution in [-0.4, -0.2) is 12.5 Å². The average Bonchev–Trinajstić information content (AvgIpc) is 2.47. The lowest BCUT2D eigenvalue weighted by Gasteiger charge is -2.12. The Kier molecular flexibility index (Phi) is 4.99. The summed E-state index contributed by atoms with van der Waals surface area (Å²) in [5, 5.41) is 6.60. The zero-order valence-electron chi connectivity index (χ0n) is 11.1. The van der Waals surface area contributed by atoms with Gasteiger partial charge in [-0.15, -0.1) is 0 Å². The minimum atomic E-state index is 0.777. The van der Waals surface area contributed by atoms with E-state index in [9.17, 15) is 0 Å². The molecule has 0 unspecified atom stereocenters. The Morgan fingerprint density at radius 3 is 1.74 bits per heavy atom. The Labute approximate surface area is 114 Å². The predicted molar refractivity (Wildman–Crippen MR) is 82.7 cm³/mol. The van der Waals surface area contributed by atoms with Crippen LogP contribution in [-0.2, 0) is 0 Å². The summed E-state index contributed by atoms with van der Waals surface area (Å²) in [5.74, 6) is 0.777. The molecular weight excluding hydrogens is 234 g/mol. The first kappa shape index (κ1) is 13.1. The second-order valence-corrected chi connectivity index (χ2v) is 4.21. The molecule has 0 saturated heterocycles. The van der Waals surface area contributed by atoms with Gasteiger partial charge in [0.05, 0.1) is 0 Å². The van der Waals surface area contributed by atoms with Gasteiger partial charge in [-0.3, -0.25) is 4.99 Å². The van der Waals surface area contributed by atoms with Crippen LogP contribution in [0.4, 0.5) is 11.4 Å². The molecule has 0 amide bonds. The third kappa shape index (κ3) is 4.47. The highest BCUT2D eigenvalue weighted by Crippen LogP contribution is 2.09. The van der Waals surface area contributed by atoms with E-state index in [2.05, 4.69) is 22.5 Å². The Morgan fingerprint density at radius 1 is 0.842 bits per heavy atom. The number of aliphatic imine (C=N–C) groups is 1. The quantitative estimate of drug-likeness (QED) is 0.639. The van der Waals surface area contributed by atoms with Gasteiger partial charge in [-0.05, 0) is 30.7 Å². The largest absolute Gasteiger partial charge is 0.326 e. The number of hydrogen-bond donors (Lipinski definition) is 2. The molecule has 98 valence electrons. The first-order valence-electron chi connectivity index (χ1n) is 6.57. The molecule has 0 atom stereocenters. The zero-order chi connectivity index (χ0) is 13.3. The third-order valence-electron chi connectivity index (χ3n) is 2.57. The molecule has 0 bridgehead atoms. The summed E-state index contributed by atoms with van der Waals surface area (Å²) in [4.78, 5) is 4.53. The number of benzene rings is 2. The summed E-state index contributed by atoms with van der Waals surface area (Å²) in [6.45, 7) is 2.92. The molecule has 0 aromatic heterocycles. The maximum Gasteiger partial charge on any atom is 0.200 e. The molecule has 2 aromatic rings. The molecule has 2 N–H and O–H groups in total. The van der Waals surface area contributed by atoms with Gasteiger partial charge in [0.2, 0.25) is 0 Å². The second-order valence-electron chi connectivity index (χ2n) is 4.21. The standard InChI is InChI=1S/C16H19N3/c1-2-13-17-16(18-14-9-5-3-6-10-14)19-15-11-7-4-8-12-15/h3-12H,2,13H2,1H3,(H2,17,18,19). The molecule has 0 heterocycles. The molecule has 2 aromatic carbocycles. The average molecular weight is 253 g/mol. The van der Waals surface area contributed by atoms with Crippen molar-refractivity contribution in [1.82, 2.24) is 0 Å². The third-order valence-corrected chi connectivity index (χ3v) is 2.57. The van der Waals surface area contributed by atoms with E-state index in [1.807, 2.05) is 60.7 Å². The highest BCUT2D eigenvalue weighted by molar-refractivity contribution is 6.03. The summed E-state index contributed by atoms with van der Waals surface area (Å²) in [6, 6.07) is 20.1. The van der Waals surface area contributed by atoms with E-state index >= 15 is 0 Å². The van der Waals surface area contributed by atoms with Crippen molar-refractivity contribution in [3.63, 3.8) is 0 Å². The van der Waals surface area contributed by atoms with Crippen molar-refractivity contribution in [2.45, 2.75) is 13.3 Å². The van der Waals surface area contributed by atoms with E-state index < -0.39 is 0 Å². The summed E-state index contributed by atoms with van der Waals surface area (Å²) in [5.41, 5.74) is 2.06. The monoisotopic (exact) mass is 253 g/mol. The fraction of sp³-hybridized carbons (Fsp3) is 0.188. The number of rotatable bonds is 4. The van der Waals surface area contributed by atoms with E-state index in [1.165, 1.54) is 0 Å². The van der Waals surface area contributed by atoms with Crippen molar-refractivity contribution in [3.05, 3.63) is 60.7 Å². The van der Waals surface area contributed by atoms with Gasteiger partial charge in [0.1, 0.15) is 0 Å². The van der Waals surface area contributed by atoms with Crippen LogP contribution >= 0.6 is 0 Å². The van der Waals surface area contributed by atoms with Crippen LogP contribution in [0.2, 0.25) is 0 Å². The highest BCUT2D eigenvalue weighted by Gasteiger charge is 2.00. The van der Waals surface area contributed by atoms with Crippen molar-refractivity contribution in [2.75, 3.05) is 17.2 Å². The molecule has 2 rings (SSSR count). The number of anilines is 2. The smallest absolute Gasteiger partial charge is 0.200 e. The molecule has 0 radical (unpaired) electrons. The molecular formula is C16H19N3. The molecule has 3 nitrogen and oxygen atoms in total. The summed E-state index contributed by atoms with van der Waals surface area (Å²) >= 11 is 0. The minimum absolute atomic E-state index is 0.777. The van der Waals surface area contributed by atoms with Crippen LogP contribution in [0.25, 0.3) is 0 Å². The van der Waals surface area contributed by atoms with Gasteiger partial charge < -0.3 is 10.6 Å². The summed E-state index contributed by atoms with van der Waals surface area (Å²) < 4.78 is 0. The maximum atomic E-state index is 4.53. The molecule has 0 aliphatic carbocycles. The number of hydrogen-bond acceptors (Lipinski definition) is 1. The van der Waals surface area contributed by atoms with Gasteiger partial charge in [0, 0.05) is 17.9 Å². The predicted octanol–water partition coefficient (Wildman–Crippen LogP) is 3.98. The van der Waals surface area contributed by atoms with Gasteiger partial charge in [0.25, 0.3) is 0 Å². The van der Waals surface area contributed by atoms with Gasteiger partial charge >= 0.3 is 0 Å². The van der Waals surface area contributed by atoms with Crippen molar-refractivity contribution in [3.8, 4) is 0 Å². The van der Waals surface area contributed by atoms with Gasteiger partial charge in [0.15, 0.2) is 5.96 Å². The van der Waals surface area contributed by atoms with Crippen molar-refractivity contribution < 1.29 is 0 Å². The van der Waals surface area contributed by atoms with E-state index in [0.717, 1.165) is 30.3 Å². The van der Waals surface area contributed by atoms with Crippen molar-refractivity contribution in [2.24, 2.45) is 4.99 Å². The van der Waals surface area contributed by atoms with Gasteiger partial charge in [-0.2, -0.15) is 0 Å². The van der Waals surface area contributed by atoms with Crippen LogP contribution in [0.5, 0.6) is 0 Å². The molecule has 0 spiro atoms. The van der Waals surface area contributed by atoms with Crippen molar-refractivity contribution >= 4 is 17.3 Å². The highest BCUT2D eigenvalue weighted by atomic mass is 15.2. The molecule has 0 saturated carbocycles. The molecule has 0 aliphatic heterocycles. The minimum Gasteiger partial charge on any atom is -0.326 e. The Morgan fingerprint density at radius 2 is 1.32 bits per heavy atom. The summed E-state index contributed by atoms with van der Waals surface area (Å²) in [7, 11) is 0. The van der Waals surface area contributed by atoms with Gasteiger partial charge in [-0.1, -0.05) is 43.3 Å². The van der Waals surface area contributed by atoms with Crippen LogP contribution in [0.1, 0.15) is 13.3 Å². The molecule has 19 heavy (non-hydrogen) atoms. The lowest BCUT2D eigenvalue weighted by Crippen LogP contribution is -2.22. The van der Waals surface area contributed by atoms with Crippen molar-refractivity contribution in [1.29, 1.82) is 0 Å². The van der Waals surface area contributed by atoms with E-state index in [1.54, 1.807) is 0 Å². The van der Waals surface area contributed by atoms with Gasteiger partial charge in [-0.25, -0.2) is 0 Å². The maximum absolute atomic E-state index is 4.53. The SMILES string of the molecule is CCCN=C(Nc1ccccc1)Nc1ccccc1. The lowest BCUT2D eigenvalue weighted by molar-refractivity contribution is 0.931. The Hall–Kier alpha value is -2.29. The Bertz CT molecular complexity index is 463. The number of guanidine groups is 1. The summed E-state index contributed by atoms with van der Waals surface area (Å²) in [6.07, 6.45) is 1.02. The van der Waals surface area contributed by atoms with E-state index in [-0.39, 0.29) is 0 Å². The first-order valence-corrected chi connectivity index (χ1v) is 6.57. The first-order chi connectivity index (χ1) is 9.38. The fourth-order valence-corrected chi connectivity index (χ4v) is 1.65. The van der Waals surface area contributed by atoms with Crippen LogP contribution in [0, 0.1) is 0 Å². The molecule has 0 aliphatic rings. The normalized spacial score (nSPS) is 9.74. The molecule has 0 fully saturated rings. The lowest BCUT2D eigenvalue weighted by atomic mass is 10.3. The number of nitrogens with one attached hydrogen (secondary N) is 2.